The predicted molar refractivity (Wildman–Crippen MR) is 66.2 cm³/mol. The second-order valence-electron chi connectivity index (χ2n) is 4.70. The maximum Gasteiger partial charge on any atom is 0.245 e. The van der Waals surface area contributed by atoms with Gasteiger partial charge in [0, 0.05) is 44.6 Å². The molecular weight excluding hydrogens is 238 g/mol. The number of sulfonamides is 1. The molecule has 0 saturated carbocycles. The Bertz CT molecular complexity index is 485. The van der Waals surface area contributed by atoms with Crippen molar-refractivity contribution >= 4 is 10.0 Å². The highest BCUT2D eigenvalue weighted by atomic mass is 32.2. The van der Waals surface area contributed by atoms with Gasteiger partial charge in [-0.25, -0.2) is 8.42 Å². The lowest BCUT2D eigenvalue weighted by Crippen LogP contribution is -2.56. The lowest BCUT2D eigenvalue weighted by Gasteiger charge is -2.37. The van der Waals surface area contributed by atoms with Gasteiger partial charge in [0.05, 0.1) is 4.90 Å². The molecule has 1 fully saturated rings. The highest BCUT2D eigenvalue weighted by Gasteiger charge is 2.35. The van der Waals surface area contributed by atoms with Crippen LogP contribution in [0.25, 0.3) is 0 Å². The van der Waals surface area contributed by atoms with Crippen molar-refractivity contribution in [2.24, 2.45) is 7.05 Å². The SMILES string of the molecule is CC1CNCC(C)N1S(=O)(=O)c1ccn(C)c1. The van der Waals surface area contributed by atoms with Crippen LogP contribution in [0.1, 0.15) is 13.8 Å². The average molecular weight is 257 g/mol. The van der Waals surface area contributed by atoms with Gasteiger partial charge in [-0.1, -0.05) is 0 Å². The number of aromatic nitrogens is 1. The van der Waals surface area contributed by atoms with Crippen molar-refractivity contribution < 1.29 is 8.42 Å². The van der Waals surface area contributed by atoms with Crippen LogP contribution in [0.4, 0.5) is 0 Å². The number of hydrogen-bond acceptors (Lipinski definition) is 3. The average Bonchev–Trinajstić information content (AvgIpc) is 2.64. The van der Waals surface area contributed by atoms with E-state index in [0.717, 1.165) is 0 Å². The second kappa shape index (κ2) is 4.44. The third-order valence-electron chi connectivity index (χ3n) is 3.13. The number of aryl methyl sites for hydroxylation is 1. The topological polar surface area (TPSA) is 54.3 Å². The fraction of sp³-hybridized carbons (Fsp3) is 0.636. The monoisotopic (exact) mass is 257 g/mol. The van der Waals surface area contributed by atoms with Crippen LogP contribution in [0.2, 0.25) is 0 Å². The van der Waals surface area contributed by atoms with E-state index >= 15 is 0 Å². The van der Waals surface area contributed by atoms with Crippen LogP contribution in [0.5, 0.6) is 0 Å². The molecule has 0 bridgehead atoms. The van der Waals surface area contributed by atoms with Gasteiger partial charge < -0.3 is 9.88 Å². The Kier molecular flexibility index (Phi) is 3.29. The van der Waals surface area contributed by atoms with E-state index in [1.165, 1.54) is 0 Å². The van der Waals surface area contributed by atoms with Crippen LogP contribution in [-0.2, 0) is 17.1 Å². The van der Waals surface area contributed by atoms with Gasteiger partial charge in [0.1, 0.15) is 0 Å². The van der Waals surface area contributed by atoms with Crippen LogP contribution in [0.3, 0.4) is 0 Å². The van der Waals surface area contributed by atoms with Crippen molar-refractivity contribution in [1.29, 1.82) is 0 Å². The number of hydrogen-bond donors (Lipinski definition) is 1. The molecule has 6 heteroatoms. The van der Waals surface area contributed by atoms with Crippen molar-refractivity contribution in [3.63, 3.8) is 0 Å². The molecule has 2 unspecified atom stereocenters. The molecular formula is C11H19N3O2S. The Labute approximate surface area is 102 Å². The quantitative estimate of drug-likeness (QED) is 0.834. The van der Waals surface area contributed by atoms with Crippen molar-refractivity contribution in [1.82, 2.24) is 14.2 Å². The maximum absolute atomic E-state index is 12.5. The molecule has 1 aromatic heterocycles. The summed E-state index contributed by atoms with van der Waals surface area (Å²) in [5.41, 5.74) is 0. The molecule has 0 spiro atoms. The molecule has 0 radical (unpaired) electrons. The smallest absolute Gasteiger partial charge is 0.245 e. The third-order valence-corrected chi connectivity index (χ3v) is 5.24. The van der Waals surface area contributed by atoms with Crippen LogP contribution in [0, 0.1) is 0 Å². The molecule has 17 heavy (non-hydrogen) atoms. The molecule has 1 aromatic rings. The molecule has 1 saturated heterocycles. The Morgan fingerprint density at radius 2 is 1.88 bits per heavy atom. The number of nitrogens with one attached hydrogen (secondary N) is 1. The summed E-state index contributed by atoms with van der Waals surface area (Å²) in [5, 5.41) is 3.23. The summed E-state index contributed by atoms with van der Waals surface area (Å²) in [7, 11) is -1.54. The standard InChI is InChI=1S/C11H19N3O2S/c1-9-6-12-7-10(2)14(9)17(15,16)11-4-5-13(3)8-11/h4-5,8-10,12H,6-7H2,1-3H3. The Morgan fingerprint density at radius 3 is 2.35 bits per heavy atom. The summed E-state index contributed by atoms with van der Waals surface area (Å²) < 4.78 is 28.4. The van der Waals surface area contributed by atoms with E-state index in [1.54, 1.807) is 27.3 Å². The van der Waals surface area contributed by atoms with Gasteiger partial charge in [0.2, 0.25) is 10.0 Å². The van der Waals surface area contributed by atoms with E-state index in [9.17, 15) is 8.42 Å². The summed E-state index contributed by atoms with van der Waals surface area (Å²) in [6.45, 7) is 5.28. The first kappa shape index (κ1) is 12.6. The lowest BCUT2D eigenvalue weighted by atomic mass is 10.2. The Balaban J connectivity index is 2.37. The van der Waals surface area contributed by atoms with Gasteiger partial charge in [-0.05, 0) is 19.9 Å². The number of piperazine rings is 1. The fourth-order valence-electron chi connectivity index (χ4n) is 2.34. The maximum atomic E-state index is 12.5. The zero-order valence-electron chi connectivity index (χ0n) is 10.4. The van der Waals surface area contributed by atoms with E-state index in [2.05, 4.69) is 5.32 Å². The van der Waals surface area contributed by atoms with E-state index in [-0.39, 0.29) is 12.1 Å². The summed E-state index contributed by atoms with van der Waals surface area (Å²) in [6.07, 6.45) is 3.40. The van der Waals surface area contributed by atoms with E-state index < -0.39 is 10.0 Å². The number of rotatable bonds is 2. The van der Waals surface area contributed by atoms with Crippen molar-refractivity contribution in [3.05, 3.63) is 18.5 Å². The molecule has 2 atom stereocenters. The van der Waals surface area contributed by atoms with E-state index in [0.29, 0.717) is 18.0 Å². The van der Waals surface area contributed by atoms with Crippen LogP contribution in [-0.4, -0.2) is 42.5 Å². The Hall–Kier alpha value is -0.850. The van der Waals surface area contributed by atoms with Crippen LogP contribution < -0.4 is 5.32 Å². The largest absolute Gasteiger partial charge is 0.356 e. The first-order chi connectivity index (χ1) is 7.93. The molecule has 96 valence electrons. The van der Waals surface area contributed by atoms with Gasteiger partial charge in [0.15, 0.2) is 0 Å². The first-order valence-electron chi connectivity index (χ1n) is 5.79. The molecule has 1 aliphatic heterocycles. The molecule has 0 aromatic carbocycles. The predicted octanol–water partition coefficient (Wildman–Crippen LogP) is 0.396. The minimum Gasteiger partial charge on any atom is -0.356 e. The molecule has 5 nitrogen and oxygen atoms in total. The van der Waals surface area contributed by atoms with E-state index in [4.69, 9.17) is 0 Å². The van der Waals surface area contributed by atoms with Crippen LogP contribution in [0.15, 0.2) is 23.4 Å². The second-order valence-corrected chi connectivity index (χ2v) is 6.55. The van der Waals surface area contributed by atoms with Crippen molar-refractivity contribution in [2.45, 2.75) is 30.8 Å². The van der Waals surface area contributed by atoms with Gasteiger partial charge in [-0.15, -0.1) is 0 Å². The highest BCUT2D eigenvalue weighted by molar-refractivity contribution is 7.89. The zero-order valence-corrected chi connectivity index (χ0v) is 11.2. The molecule has 2 rings (SSSR count). The highest BCUT2D eigenvalue weighted by Crippen LogP contribution is 2.22. The van der Waals surface area contributed by atoms with Gasteiger partial charge in [-0.3, -0.25) is 0 Å². The summed E-state index contributed by atoms with van der Waals surface area (Å²) >= 11 is 0. The summed E-state index contributed by atoms with van der Waals surface area (Å²) in [6, 6.07) is 1.63. The molecule has 0 amide bonds. The van der Waals surface area contributed by atoms with Gasteiger partial charge in [0.25, 0.3) is 0 Å². The third kappa shape index (κ3) is 2.25. The fourth-order valence-corrected chi connectivity index (χ4v) is 4.21. The summed E-state index contributed by atoms with van der Waals surface area (Å²) in [5.74, 6) is 0. The van der Waals surface area contributed by atoms with Crippen molar-refractivity contribution in [2.75, 3.05) is 13.1 Å². The Morgan fingerprint density at radius 1 is 1.29 bits per heavy atom. The molecule has 1 aliphatic rings. The van der Waals surface area contributed by atoms with Crippen LogP contribution >= 0.6 is 0 Å². The zero-order chi connectivity index (χ0) is 12.6. The molecule has 1 N–H and O–H groups in total. The molecule has 0 aliphatic carbocycles. The normalized spacial score (nSPS) is 27.2. The van der Waals surface area contributed by atoms with Gasteiger partial charge in [-0.2, -0.15) is 4.31 Å². The van der Waals surface area contributed by atoms with Crippen molar-refractivity contribution in [3.8, 4) is 0 Å². The van der Waals surface area contributed by atoms with Gasteiger partial charge >= 0.3 is 0 Å². The summed E-state index contributed by atoms with van der Waals surface area (Å²) in [4.78, 5) is 0.376. The number of nitrogens with zero attached hydrogens (tertiary/aromatic N) is 2. The minimum absolute atomic E-state index is 0.0102. The minimum atomic E-state index is -3.37. The lowest BCUT2D eigenvalue weighted by molar-refractivity contribution is 0.220. The first-order valence-corrected chi connectivity index (χ1v) is 7.23. The van der Waals surface area contributed by atoms with E-state index in [1.807, 2.05) is 20.9 Å². The molecule has 2 heterocycles.